The average Bonchev–Trinajstić information content (AvgIpc) is 3.21. The maximum absolute atomic E-state index is 13.4. The molecule has 1 N–H and O–H groups in total. The van der Waals surface area contributed by atoms with E-state index in [9.17, 15) is 9.18 Å². The zero-order chi connectivity index (χ0) is 21.1. The van der Waals surface area contributed by atoms with Crippen molar-refractivity contribution in [2.45, 2.75) is 20.4 Å². The van der Waals surface area contributed by atoms with Gasteiger partial charge < -0.3 is 5.32 Å². The number of carbonyl (C=O) groups is 1. The van der Waals surface area contributed by atoms with Gasteiger partial charge in [-0.2, -0.15) is 0 Å². The largest absolute Gasteiger partial charge is 0.346 e. The number of hydrogen-bond acceptors (Lipinski definition) is 4. The highest BCUT2D eigenvalue weighted by molar-refractivity contribution is 5.98. The maximum atomic E-state index is 13.4. The fraction of sp³-hybridized carbons (Fsp3) is 0.130. The molecule has 2 aromatic heterocycles. The summed E-state index contributed by atoms with van der Waals surface area (Å²) >= 11 is 0. The van der Waals surface area contributed by atoms with Gasteiger partial charge in [-0.25, -0.2) is 9.07 Å². The van der Waals surface area contributed by atoms with Gasteiger partial charge in [0.05, 0.1) is 5.69 Å². The molecule has 0 atom stereocenters. The predicted octanol–water partition coefficient (Wildman–Crippen LogP) is 4.02. The Hall–Kier alpha value is -3.87. The first-order valence-corrected chi connectivity index (χ1v) is 9.49. The van der Waals surface area contributed by atoms with Crippen molar-refractivity contribution >= 4 is 5.91 Å². The van der Waals surface area contributed by atoms with Crippen LogP contribution in [0.4, 0.5) is 4.39 Å². The van der Waals surface area contributed by atoms with Crippen molar-refractivity contribution in [3.8, 4) is 16.9 Å². The molecule has 0 unspecified atom stereocenters. The van der Waals surface area contributed by atoms with Crippen LogP contribution in [0.15, 0.2) is 67.0 Å². The van der Waals surface area contributed by atoms with Crippen molar-refractivity contribution in [3.63, 3.8) is 0 Å². The molecule has 4 rings (SSSR count). The van der Waals surface area contributed by atoms with Gasteiger partial charge in [-0.1, -0.05) is 23.4 Å². The number of benzene rings is 2. The summed E-state index contributed by atoms with van der Waals surface area (Å²) in [7, 11) is 0. The fourth-order valence-electron chi connectivity index (χ4n) is 3.15. The smallest absolute Gasteiger partial charge is 0.274 e. The minimum Gasteiger partial charge on any atom is -0.346 e. The number of amides is 1. The highest BCUT2D eigenvalue weighted by Gasteiger charge is 2.22. The number of nitrogens with zero attached hydrogens (tertiary/aromatic N) is 4. The molecule has 4 aromatic rings. The molecule has 2 heterocycles. The third-order valence-corrected chi connectivity index (χ3v) is 4.93. The Balaban J connectivity index is 1.67. The summed E-state index contributed by atoms with van der Waals surface area (Å²) in [4.78, 5) is 17.0. The van der Waals surface area contributed by atoms with Crippen LogP contribution in [-0.2, 0) is 6.54 Å². The van der Waals surface area contributed by atoms with Crippen LogP contribution in [0.3, 0.4) is 0 Å². The number of aromatic nitrogens is 4. The van der Waals surface area contributed by atoms with Crippen molar-refractivity contribution in [1.29, 1.82) is 0 Å². The van der Waals surface area contributed by atoms with Crippen LogP contribution >= 0.6 is 0 Å². The van der Waals surface area contributed by atoms with E-state index in [1.807, 2.05) is 26.0 Å². The Kier molecular flexibility index (Phi) is 5.34. The minimum atomic E-state index is -0.351. The summed E-state index contributed by atoms with van der Waals surface area (Å²) in [6.07, 6.45) is 3.27. The number of carbonyl (C=O) groups excluding carboxylic acids is 1. The molecule has 6 nitrogen and oxygen atoms in total. The van der Waals surface area contributed by atoms with Gasteiger partial charge in [-0.05, 0) is 66.9 Å². The highest BCUT2D eigenvalue weighted by atomic mass is 19.1. The lowest BCUT2D eigenvalue weighted by Gasteiger charge is -2.09. The first kappa shape index (κ1) is 19.4. The van der Waals surface area contributed by atoms with Gasteiger partial charge in [0.25, 0.3) is 5.91 Å². The predicted molar refractivity (Wildman–Crippen MR) is 112 cm³/mol. The third-order valence-electron chi connectivity index (χ3n) is 4.93. The first-order chi connectivity index (χ1) is 14.5. The van der Waals surface area contributed by atoms with Crippen molar-refractivity contribution in [2.75, 3.05) is 0 Å². The van der Waals surface area contributed by atoms with Crippen LogP contribution in [0, 0.1) is 19.7 Å². The molecular weight excluding hydrogens is 381 g/mol. The lowest BCUT2D eigenvalue weighted by atomic mass is 10.1. The standard InChI is InChI=1S/C23H20FN5O/c1-15-3-4-17(13-16(15)2)14-26-23(30)21-22(18-9-11-25-12-10-18)29(28-27-21)20-7-5-19(24)6-8-20/h3-13H,14H2,1-2H3,(H,26,30). The fourth-order valence-corrected chi connectivity index (χ4v) is 3.15. The average molecular weight is 401 g/mol. The second-order valence-electron chi connectivity index (χ2n) is 7.01. The summed E-state index contributed by atoms with van der Waals surface area (Å²) in [5, 5.41) is 11.2. The van der Waals surface area contributed by atoms with E-state index in [2.05, 4.69) is 26.7 Å². The Morgan fingerprint density at radius 2 is 1.73 bits per heavy atom. The van der Waals surface area contributed by atoms with Crippen molar-refractivity contribution in [1.82, 2.24) is 25.3 Å². The molecule has 0 spiro atoms. The van der Waals surface area contributed by atoms with E-state index < -0.39 is 0 Å². The second kappa shape index (κ2) is 8.24. The molecule has 7 heteroatoms. The number of hydrogen-bond donors (Lipinski definition) is 1. The molecular formula is C23H20FN5O. The van der Waals surface area contributed by atoms with Crippen LogP contribution < -0.4 is 5.32 Å². The molecule has 0 fully saturated rings. The maximum Gasteiger partial charge on any atom is 0.274 e. The number of aryl methyl sites for hydroxylation is 2. The molecule has 2 aromatic carbocycles. The Bertz CT molecular complexity index is 1190. The van der Waals surface area contributed by atoms with Gasteiger partial charge in [-0.15, -0.1) is 5.10 Å². The van der Waals surface area contributed by atoms with E-state index in [4.69, 9.17) is 0 Å². The van der Waals surface area contributed by atoms with Crippen LogP contribution in [-0.4, -0.2) is 25.9 Å². The van der Waals surface area contributed by atoms with Gasteiger partial charge in [0.15, 0.2) is 5.69 Å². The van der Waals surface area contributed by atoms with Crippen molar-refractivity contribution in [3.05, 3.63) is 95.2 Å². The van der Waals surface area contributed by atoms with Crippen LogP contribution in [0.5, 0.6) is 0 Å². The number of halogens is 1. The van der Waals surface area contributed by atoms with E-state index in [0.29, 0.717) is 17.9 Å². The number of rotatable bonds is 5. The molecule has 0 aliphatic rings. The Labute approximate surface area is 173 Å². The molecule has 0 aliphatic heterocycles. The van der Waals surface area contributed by atoms with Gasteiger partial charge in [0.1, 0.15) is 11.5 Å². The molecule has 30 heavy (non-hydrogen) atoms. The minimum absolute atomic E-state index is 0.189. The van der Waals surface area contributed by atoms with Gasteiger partial charge in [-0.3, -0.25) is 9.78 Å². The van der Waals surface area contributed by atoms with E-state index in [1.165, 1.54) is 27.9 Å². The highest BCUT2D eigenvalue weighted by Crippen LogP contribution is 2.25. The zero-order valence-corrected chi connectivity index (χ0v) is 16.6. The molecule has 0 saturated carbocycles. The lowest BCUT2D eigenvalue weighted by Crippen LogP contribution is -2.24. The van der Waals surface area contributed by atoms with Gasteiger partial charge in [0.2, 0.25) is 0 Å². The summed E-state index contributed by atoms with van der Waals surface area (Å²) in [6.45, 7) is 4.46. The first-order valence-electron chi connectivity index (χ1n) is 9.49. The molecule has 150 valence electrons. The normalized spacial score (nSPS) is 10.8. The van der Waals surface area contributed by atoms with E-state index >= 15 is 0 Å². The van der Waals surface area contributed by atoms with Crippen LogP contribution in [0.1, 0.15) is 27.2 Å². The summed E-state index contributed by atoms with van der Waals surface area (Å²) in [5.41, 5.74) is 5.41. The van der Waals surface area contributed by atoms with E-state index in [0.717, 1.165) is 11.1 Å². The summed E-state index contributed by atoms with van der Waals surface area (Å²) in [5.74, 6) is -0.691. The van der Waals surface area contributed by atoms with E-state index in [1.54, 1.807) is 36.7 Å². The Morgan fingerprint density at radius 1 is 1.00 bits per heavy atom. The molecule has 0 aliphatic carbocycles. The molecule has 1 amide bonds. The summed E-state index contributed by atoms with van der Waals surface area (Å²) < 4.78 is 14.9. The SMILES string of the molecule is Cc1ccc(CNC(=O)c2nnn(-c3ccc(F)cc3)c2-c2ccncc2)cc1C. The number of nitrogens with one attached hydrogen (secondary N) is 1. The monoisotopic (exact) mass is 401 g/mol. The zero-order valence-electron chi connectivity index (χ0n) is 16.6. The van der Waals surface area contributed by atoms with E-state index in [-0.39, 0.29) is 17.4 Å². The van der Waals surface area contributed by atoms with Crippen LogP contribution in [0.2, 0.25) is 0 Å². The van der Waals surface area contributed by atoms with Crippen molar-refractivity contribution in [2.24, 2.45) is 0 Å². The summed E-state index contributed by atoms with van der Waals surface area (Å²) in [6, 6.07) is 15.5. The molecule has 0 saturated heterocycles. The third kappa shape index (κ3) is 3.96. The van der Waals surface area contributed by atoms with Crippen LogP contribution in [0.25, 0.3) is 16.9 Å². The van der Waals surface area contributed by atoms with Gasteiger partial charge >= 0.3 is 0 Å². The van der Waals surface area contributed by atoms with Crippen molar-refractivity contribution < 1.29 is 9.18 Å². The van der Waals surface area contributed by atoms with Gasteiger partial charge in [0, 0.05) is 24.5 Å². The molecule has 0 bridgehead atoms. The Morgan fingerprint density at radius 3 is 2.43 bits per heavy atom. The lowest BCUT2D eigenvalue weighted by molar-refractivity contribution is 0.0946. The second-order valence-corrected chi connectivity index (χ2v) is 7.01. The topological polar surface area (TPSA) is 72.7 Å². The number of pyridine rings is 1. The quantitative estimate of drug-likeness (QED) is 0.548. The molecule has 0 radical (unpaired) electrons.